The predicted octanol–water partition coefficient (Wildman–Crippen LogP) is 1.08. The molecule has 2 unspecified atom stereocenters. The van der Waals surface area contributed by atoms with Crippen LogP contribution < -0.4 is 5.73 Å². The summed E-state index contributed by atoms with van der Waals surface area (Å²) in [7, 11) is -3.71. The fourth-order valence-electron chi connectivity index (χ4n) is 5.56. The molecule has 6 heterocycles. The second kappa shape index (κ2) is 7.60. The number of nitrogens with two attached hydrogens (primary N) is 1. The van der Waals surface area contributed by atoms with E-state index in [0.717, 1.165) is 24.7 Å². The lowest BCUT2D eigenvalue weighted by atomic mass is 9.87. The highest BCUT2D eigenvalue weighted by molar-refractivity contribution is 7.91. The van der Waals surface area contributed by atoms with Gasteiger partial charge in [0.1, 0.15) is 16.5 Å². The molecular formula is C21H24N10O3S. The van der Waals surface area contributed by atoms with Crippen LogP contribution in [0.1, 0.15) is 53.7 Å². The first-order valence-electron chi connectivity index (χ1n) is 11.3. The van der Waals surface area contributed by atoms with Gasteiger partial charge in [0.25, 0.3) is 5.91 Å². The van der Waals surface area contributed by atoms with Gasteiger partial charge < -0.3 is 10.6 Å². The lowest BCUT2D eigenvalue weighted by Crippen LogP contribution is -2.46. The minimum atomic E-state index is -3.71. The number of aromatic amines is 2. The van der Waals surface area contributed by atoms with Gasteiger partial charge in [0.05, 0.1) is 18.1 Å². The largest absolute Gasteiger partial charge is 0.382 e. The van der Waals surface area contributed by atoms with Crippen molar-refractivity contribution in [3.05, 3.63) is 35.9 Å². The van der Waals surface area contributed by atoms with Crippen LogP contribution in [0.5, 0.6) is 0 Å². The SMILES string of the molecule is Cc1nc(C(=O)N2C3CCC2CC(c2nc4c(-c5cn[nH]c5)cnn4c(N)c2S(C)(=O)=O)C3)n[nH]1. The maximum atomic E-state index is 13.1. The number of hydrogen-bond acceptors (Lipinski definition) is 9. The van der Waals surface area contributed by atoms with Crippen molar-refractivity contribution >= 4 is 27.2 Å². The van der Waals surface area contributed by atoms with Crippen LogP contribution in [0.4, 0.5) is 5.82 Å². The van der Waals surface area contributed by atoms with Crippen LogP contribution in [-0.4, -0.2) is 77.5 Å². The molecule has 2 aliphatic heterocycles. The molecule has 0 radical (unpaired) electrons. The van der Waals surface area contributed by atoms with Gasteiger partial charge in [-0.25, -0.2) is 18.4 Å². The molecule has 2 fully saturated rings. The number of nitrogens with one attached hydrogen (secondary N) is 2. The Hall–Kier alpha value is -3.81. The van der Waals surface area contributed by atoms with Gasteiger partial charge in [-0.05, 0) is 32.6 Å². The van der Waals surface area contributed by atoms with E-state index in [1.807, 2.05) is 4.90 Å². The molecule has 14 heteroatoms. The third-order valence-electron chi connectivity index (χ3n) is 6.99. The molecule has 4 aromatic heterocycles. The molecule has 0 aliphatic carbocycles. The fraction of sp³-hybridized carbons (Fsp3) is 0.429. The summed E-state index contributed by atoms with van der Waals surface area (Å²) < 4.78 is 27.1. The number of aryl methyl sites for hydroxylation is 1. The first-order valence-corrected chi connectivity index (χ1v) is 13.2. The number of amides is 1. The highest BCUT2D eigenvalue weighted by Crippen LogP contribution is 2.45. The topological polar surface area (TPSA) is 181 Å². The fourth-order valence-corrected chi connectivity index (χ4v) is 6.62. The van der Waals surface area contributed by atoms with Crippen molar-refractivity contribution in [3.63, 3.8) is 0 Å². The third-order valence-corrected chi connectivity index (χ3v) is 8.15. The monoisotopic (exact) mass is 496 g/mol. The number of carbonyl (C=O) groups is 1. The molecule has 182 valence electrons. The van der Waals surface area contributed by atoms with Gasteiger partial charge in [-0.1, -0.05) is 0 Å². The number of H-pyrrole nitrogens is 2. The number of anilines is 1. The van der Waals surface area contributed by atoms with E-state index < -0.39 is 9.84 Å². The second-order valence-electron chi connectivity index (χ2n) is 9.27. The number of piperidine rings is 1. The normalized spacial score (nSPS) is 22.2. The molecule has 13 nitrogen and oxygen atoms in total. The van der Waals surface area contributed by atoms with Gasteiger partial charge in [0.15, 0.2) is 15.5 Å². The molecule has 0 aromatic carbocycles. The van der Waals surface area contributed by atoms with E-state index in [0.29, 0.717) is 35.6 Å². The molecule has 4 N–H and O–H groups in total. The highest BCUT2D eigenvalue weighted by atomic mass is 32.2. The number of fused-ring (bicyclic) bond motifs is 3. The van der Waals surface area contributed by atoms with Crippen molar-refractivity contribution in [1.29, 1.82) is 0 Å². The summed E-state index contributed by atoms with van der Waals surface area (Å²) >= 11 is 0. The molecular weight excluding hydrogens is 472 g/mol. The number of nitrogen functional groups attached to an aromatic ring is 1. The summed E-state index contributed by atoms with van der Waals surface area (Å²) in [6.45, 7) is 1.75. The zero-order chi connectivity index (χ0) is 24.5. The Balaban J connectivity index is 1.43. The van der Waals surface area contributed by atoms with Crippen molar-refractivity contribution < 1.29 is 13.2 Å². The van der Waals surface area contributed by atoms with Gasteiger partial charge in [0.2, 0.25) is 5.82 Å². The number of carbonyl (C=O) groups excluding carboxylic acids is 1. The minimum absolute atomic E-state index is 0.000567. The predicted molar refractivity (Wildman–Crippen MR) is 124 cm³/mol. The Morgan fingerprint density at radius 1 is 1.17 bits per heavy atom. The van der Waals surface area contributed by atoms with Gasteiger partial charge in [-0.2, -0.15) is 14.7 Å². The number of rotatable bonds is 4. The molecule has 6 rings (SSSR count). The Labute approximate surface area is 200 Å². The number of sulfone groups is 1. The summed E-state index contributed by atoms with van der Waals surface area (Å²) in [6.07, 6.45) is 8.91. The average Bonchev–Trinajstić information content (AvgIpc) is 3.58. The maximum absolute atomic E-state index is 13.1. The number of aromatic nitrogens is 8. The Morgan fingerprint density at radius 2 is 1.91 bits per heavy atom. The van der Waals surface area contributed by atoms with E-state index >= 15 is 0 Å². The Kier molecular flexibility index (Phi) is 4.71. The molecule has 2 atom stereocenters. The first kappa shape index (κ1) is 21.7. The minimum Gasteiger partial charge on any atom is -0.382 e. The standard InChI is InChI=1S/C21H24N10O3S/c1-10-26-19(29-28-10)21(32)30-13-3-4-14(30)6-11(5-13)16-17(35(2,33)34)18(22)31-20(27-16)15(9-25-31)12-7-23-24-8-12/h7-9,11,13-14H,3-6,22H2,1-2H3,(H,23,24)(H,26,28,29). The Morgan fingerprint density at radius 3 is 2.51 bits per heavy atom. The van der Waals surface area contributed by atoms with Crippen LogP contribution in [0.3, 0.4) is 0 Å². The van der Waals surface area contributed by atoms with E-state index in [2.05, 4.69) is 30.5 Å². The zero-order valence-corrected chi connectivity index (χ0v) is 19.9. The van der Waals surface area contributed by atoms with Gasteiger partial charge in [-0.15, -0.1) is 5.10 Å². The molecule has 0 spiro atoms. The quantitative estimate of drug-likeness (QED) is 0.372. The van der Waals surface area contributed by atoms with E-state index in [4.69, 9.17) is 10.7 Å². The van der Waals surface area contributed by atoms with Crippen LogP contribution in [0.15, 0.2) is 23.5 Å². The average molecular weight is 497 g/mol. The summed E-state index contributed by atoms with van der Waals surface area (Å²) in [6, 6.07) is -0.120. The molecule has 2 aliphatic rings. The van der Waals surface area contributed by atoms with E-state index in [1.54, 1.807) is 25.5 Å². The number of nitrogens with zero attached hydrogens (tertiary/aromatic N) is 7. The summed E-state index contributed by atoms with van der Waals surface area (Å²) in [5.41, 5.74) is 8.76. The maximum Gasteiger partial charge on any atom is 0.294 e. The highest BCUT2D eigenvalue weighted by Gasteiger charge is 2.46. The van der Waals surface area contributed by atoms with Gasteiger partial charge >= 0.3 is 0 Å². The van der Waals surface area contributed by atoms with Crippen molar-refractivity contribution in [2.45, 2.75) is 55.5 Å². The molecule has 2 saturated heterocycles. The lowest BCUT2D eigenvalue weighted by molar-refractivity contribution is 0.0556. The van der Waals surface area contributed by atoms with Crippen molar-refractivity contribution in [3.8, 4) is 11.1 Å². The molecule has 0 saturated carbocycles. The van der Waals surface area contributed by atoms with Gasteiger partial charge in [-0.3, -0.25) is 15.0 Å². The van der Waals surface area contributed by atoms with Crippen molar-refractivity contribution in [2.75, 3.05) is 12.0 Å². The second-order valence-corrected chi connectivity index (χ2v) is 11.2. The third kappa shape index (κ3) is 3.38. The van der Waals surface area contributed by atoms with Crippen LogP contribution in [-0.2, 0) is 9.84 Å². The summed E-state index contributed by atoms with van der Waals surface area (Å²) in [5, 5.41) is 17.8. The van der Waals surface area contributed by atoms with Crippen LogP contribution in [0, 0.1) is 6.92 Å². The Bertz CT molecular complexity index is 1540. The first-order chi connectivity index (χ1) is 16.7. The van der Waals surface area contributed by atoms with Crippen molar-refractivity contribution in [2.24, 2.45) is 0 Å². The molecule has 2 bridgehead atoms. The van der Waals surface area contributed by atoms with Crippen LogP contribution in [0.2, 0.25) is 0 Å². The van der Waals surface area contributed by atoms with Gasteiger partial charge in [0, 0.05) is 41.6 Å². The van der Waals surface area contributed by atoms with E-state index in [9.17, 15) is 13.2 Å². The van der Waals surface area contributed by atoms with Crippen LogP contribution >= 0.6 is 0 Å². The molecule has 4 aromatic rings. The van der Waals surface area contributed by atoms with Crippen molar-refractivity contribution in [1.82, 2.24) is 44.9 Å². The zero-order valence-electron chi connectivity index (χ0n) is 19.1. The van der Waals surface area contributed by atoms with E-state index in [-0.39, 0.29) is 40.4 Å². The van der Waals surface area contributed by atoms with E-state index in [1.165, 1.54) is 4.52 Å². The summed E-state index contributed by atoms with van der Waals surface area (Å²) in [4.78, 5) is 24.0. The smallest absolute Gasteiger partial charge is 0.294 e. The summed E-state index contributed by atoms with van der Waals surface area (Å²) in [5.74, 6) is 0.376. The lowest BCUT2D eigenvalue weighted by Gasteiger charge is -2.38. The molecule has 1 amide bonds. The molecule has 35 heavy (non-hydrogen) atoms. The van der Waals surface area contributed by atoms with Crippen LogP contribution in [0.25, 0.3) is 16.8 Å². The number of hydrogen-bond donors (Lipinski definition) is 3.